The average molecular weight is 332 g/mol. The number of aryl methyl sites for hydroxylation is 1. The van der Waals surface area contributed by atoms with Crippen LogP contribution in [0.25, 0.3) is 0 Å². The van der Waals surface area contributed by atoms with Gasteiger partial charge in [0.15, 0.2) is 6.10 Å². The fourth-order valence-electron chi connectivity index (χ4n) is 3.16. The van der Waals surface area contributed by atoms with Gasteiger partial charge in [-0.1, -0.05) is 31.9 Å². The van der Waals surface area contributed by atoms with Gasteiger partial charge in [0, 0.05) is 6.54 Å². The SMILES string of the molecule is CC[C@H](Oc1cccc(C)c1)C(=O)NCCCN1CCCCCC1. The molecule has 4 nitrogen and oxygen atoms in total. The predicted octanol–water partition coefficient (Wildman–Crippen LogP) is 3.53. The molecule has 1 aliphatic heterocycles. The van der Waals surface area contributed by atoms with Crippen LogP contribution in [0.2, 0.25) is 0 Å². The lowest BCUT2D eigenvalue weighted by atomic mass is 10.2. The summed E-state index contributed by atoms with van der Waals surface area (Å²) >= 11 is 0. The van der Waals surface area contributed by atoms with E-state index in [1.165, 1.54) is 38.8 Å². The number of nitrogens with zero attached hydrogens (tertiary/aromatic N) is 1. The molecular formula is C20H32N2O2. The largest absolute Gasteiger partial charge is 0.481 e. The van der Waals surface area contributed by atoms with Crippen molar-refractivity contribution in [1.82, 2.24) is 10.2 Å². The maximum Gasteiger partial charge on any atom is 0.261 e. The molecule has 1 atom stereocenters. The van der Waals surface area contributed by atoms with Gasteiger partial charge in [0.05, 0.1) is 0 Å². The highest BCUT2D eigenvalue weighted by Gasteiger charge is 2.18. The van der Waals surface area contributed by atoms with E-state index in [-0.39, 0.29) is 5.91 Å². The number of carbonyl (C=O) groups is 1. The van der Waals surface area contributed by atoms with Gasteiger partial charge < -0.3 is 15.0 Å². The monoisotopic (exact) mass is 332 g/mol. The van der Waals surface area contributed by atoms with Crippen molar-refractivity contribution in [3.63, 3.8) is 0 Å². The Morgan fingerprint density at radius 1 is 1.25 bits per heavy atom. The Balaban J connectivity index is 1.69. The van der Waals surface area contributed by atoms with Gasteiger partial charge in [0.2, 0.25) is 0 Å². The molecular weight excluding hydrogens is 300 g/mol. The minimum absolute atomic E-state index is 0.00475. The molecule has 1 aliphatic rings. The number of benzene rings is 1. The highest BCUT2D eigenvalue weighted by molar-refractivity contribution is 5.81. The van der Waals surface area contributed by atoms with Crippen LogP contribution in [0.4, 0.5) is 0 Å². The summed E-state index contributed by atoms with van der Waals surface area (Å²) in [5.74, 6) is 0.761. The molecule has 0 aliphatic carbocycles. The van der Waals surface area contributed by atoms with E-state index in [1.54, 1.807) is 0 Å². The molecule has 1 N–H and O–H groups in total. The summed E-state index contributed by atoms with van der Waals surface area (Å²) < 4.78 is 5.85. The number of rotatable bonds is 8. The van der Waals surface area contributed by atoms with E-state index in [9.17, 15) is 4.79 Å². The molecule has 1 aromatic rings. The molecule has 0 saturated carbocycles. The number of carbonyl (C=O) groups excluding carboxylic acids is 1. The normalized spacial score (nSPS) is 17.1. The molecule has 1 saturated heterocycles. The first-order chi connectivity index (χ1) is 11.7. The molecule has 2 rings (SSSR count). The van der Waals surface area contributed by atoms with Crippen molar-refractivity contribution >= 4 is 5.91 Å². The van der Waals surface area contributed by atoms with Crippen LogP contribution in [0.15, 0.2) is 24.3 Å². The number of nitrogens with one attached hydrogen (secondary N) is 1. The molecule has 0 radical (unpaired) electrons. The summed E-state index contributed by atoms with van der Waals surface area (Å²) in [6, 6.07) is 7.85. The lowest BCUT2D eigenvalue weighted by Crippen LogP contribution is -2.39. The lowest BCUT2D eigenvalue weighted by molar-refractivity contribution is -0.128. The number of likely N-dealkylation sites (tertiary alicyclic amines) is 1. The number of ether oxygens (including phenoxy) is 1. The van der Waals surface area contributed by atoms with E-state index in [1.807, 2.05) is 38.1 Å². The van der Waals surface area contributed by atoms with Crippen LogP contribution in [0.3, 0.4) is 0 Å². The van der Waals surface area contributed by atoms with Crippen LogP contribution >= 0.6 is 0 Å². The van der Waals surface area contributed by atoms with E-state index >= 15 is 0 Å². The maximum absolute atomic E-state index is 12.3. The predicted molar refractivity (Wildman–Crippen MR) is 98.4 cm³/mol. The highest BCUT2D eigenvalue weighted by atomic mass is 16.5. The minimum Gasteiger partial charge on any atom is -0.481 e. The number of amides is 1. The Hall–Kier alpha value is -1.55. The molecule has 1 amide bonds. The number of hydrogen-bond donors (Lipinski definition) is 1. The average Bonchev–Trinajstić information content (AvgIpc) is 2.85. The van der Waals surface area contributed by atoms with Crippen LogP contribution < -0.4 is 10.1 Å². The summed E-state index contributed by atoms with van der Waals surface area (Å²) in [4.78, 5) is 14.8. The van der Waals surface area contributed by atoms with E-state index in [4.69, 9.17) is 4.74 Å². The Bertz CT molecular complexity index is 496. The van der Waals surface area contributed by atoms with Gasteiger partial charge in [-0.15, -0.1) is 0 Å². The van der Waals surface area contributed by atoms with Gasteiger partial charge in [-0.25, -0.2) is 0 Å². The van der Waals surface area contributed by atoms with Crippen LogP contribution in [0, 0.1) is 6.92 Å². The van der Waals surface area contributed by atoms with Gasteiger partial charge in [0.1, 0.15) is 5.75 Å². The zero-order valence-electron chi connectivity index (χ0n) is 15.2. The Kier molecular flexibility index (Phi) is 8.10. The van der Waals surface area contributed by atoms with Gasteiger partial charge in [-0.3, -0.25) is 4.79 Å². The second-order valence-corrected chi connectivity index (χ2v) is 6.73. The summed E-state index contributed by atoms with van der Waals surface area (Å²) in [6.45, 7) is 8.23. The molecule has 0 aromatic heterocycles. The summed E-state index contributed by atoms with van der Waals surface area (Å²) in [5, 5.41) is 3.03. The fraction of sp³-hybridized carbons (Fsp3) is 0.650. The van der Waals surface area contributed by atoms with E-state index in [0.717, 1.165) is 30.8 Å². The first-order valence-corrected chi connectivity index (χ1v) is 9.42. The highest BCUT2D eigenvalue weighted by Crippen LogP contribution is 2.15. The maximum atomic E-state index is 12.3. The smallest absolute Gasteiger partial charge is 0.261 e. The molecule has 1 fully saturated rings. The second kappa shape index (κ2) is 10.3. The third-order valence-corrected chi connectivity index (χ3v) is 4.58. The van der Waals surface area contributed by atoms with Crippen LogP contribution in [0.5, 0.6) is 5.75 Å². The summed E-state index contributed by atoms with van der Waals surface area (Å²) in [5.41, 5.74) is 1.14. The standard InChI is InChI=1S/C20H32N2O2/c1-3-19(24-18-11-8-10-17(2)16-18)20(23)21-12-9-15-22-13-6-4-5-7-14-22/h8,10-11,16,19H,3-7,9,12-15H2,1-2H3,(H,21,23)/t19-/m0/s1. The molecule has 0 unspecified atom stereocenters. The molecule has 134 valence electrons. The topological polar surface area (TPSA) is 41.6 Å². The summed E-state index contributed by atoms with van der Waals surface area (Å²) in [6.07, 6.45) is 6.62. The Labute approximate surface area is 146 Å². The van der Waals surface area contributed by atoms with Crippen molar-refractivity contribution in [3.05, 3.63) is 29.8 Å². The van der Waals surface area contributed by atoms with E-state index in [2.05, 4.69) is 10.2 Å². The van der Waals surface area contributed by atoms with Gasteiger partial charge in [-0.05, 0) is 69.9 Å². The van der Waals surface area contributed by atoms with Crippen molar-refractivity contribution in [2.45, 2.75) is 58.5 Å². The van der Waals surface area contributed by atoms with Crippen molar-refractivity contribution in [1.29, 1.82) is 0 Å². The van der Waals surface area contributed by atoms with Crippen molar-refractivity contribution in [2.24, 2.45) is 0 Å². The van der Waals surface area contributed by atoms with E-state index < -0.39 is 6.10 Å². The second-order valence-electron chi connectivity index (χ2n) is 6.73. The van der Waals surface area contributed by atoms with Crippen LogP contribution in [-0.2, 0) is 4.79 Å². The quantitative estimate of drug-likeness (QED) is 0.741. The van der Waals surface area contributed by atoms with Gasteiger partial charge in [-0.2, -0.15) is 0 Å². The summed E-state index contributed by atoms with van der Waals surface area (Å²) in [7, 11) is 0. The molecule has 0 bridgehead atoms. The zero-order valence-corrected chi connectivity index (χ0v) is 15.2. The third kappa shape index (κ3) is 6.52. The molecule has 1 heterocycles. The fourth-order valence-corrected chi connectivity index (χ4v) is 3.16. The Morgan fingerprint density at radius 2 is 2.00 bits per heavy atom. The minimum atomic E-state index is -0.412. The first-order valence-electron chi connectivity index (χ1n) is 9.42. The van der Waals surface area contributed by atoms with Crippen molar-refractivity contribution < 1.29 is 9.53 Å². The molecule has 0 spiro atoms. The lowest BCUT2D eigenvalue weighted by Gasteiger charge is -2.20. The van der Waals surface area contributed by atoms with Crippen LogP contribution in [0.1, 0.15) is 51.0 Å². The zero-order chi connectivity index (χ0) is 17.2. The first kappa shape index (κ1) is 18.8. The molecule has 24 heavy (non-hydrogen) atoms. The molecule has 1 aromatic carbocycles. The number of hydrogen-bond acceptors (Lipinski definition) is 3. The van der Waals surface area contributed by atoms with Gasteiger partial charge >= 0.3 is 0 Å². The van der Waals surface area contributed by atoms with Crippen molar-refractivity contribution in [3.8, 4) is 5.75 Å². The third-order valence-electron chi connectivity index (χ3n) is 4.58. The molecule has 4 heteroatoms. The van der Waals surface area contributed by atoms with Gasteiger partial charge in [0.25, 0.3) is 5.91 Å². The van der Waals surface area contributed by atoms with Crippen molar-refractivity contribution in [2.75, 3.05) is 26.2 Å². The Morgan fingerprint density at radius 3 is 2.67 bits per heavy atom. The van der Waals surface area contributed by atoms with E-state index in [0.29, 0.717) is 6.42 Å². The van der Waals surface area contributed by atoms with Crippen LogP contribution in [-0.4, -0.2) is 43.1 Å².